The molecule has 0 radical (unpaired) electrons. The maximum atomic E-state index is 3.77. The second-order valence-electron chi connectivity index (χ2n) is 6.48. The predicted octanol–water partition coefficient (Wildman–Crippen LogP) is 3.20. The van der Waals surface area contributed by atoms with Gasteiger partial charge in [0.25, 0.3) is 0 Å². The molecular weight excluding hydrogens is 170 g/mol. The fraction of sp³-hybridized carbons (Fsp3) is 1.00. The van der Waals surface area contributed by atoms with Crippen LogP contribution in [-0.2, 0) is 0 Å². The molecule has 0 amide bonds. The number of fused-ring (bicyclic) bond motifs is 2. The van der Waals surface area contributed by atoms with Crippen LogP contribution >= 0.6 is 0 Å². The minimum atomic E-state index is 0.544. The summed E-state index contributed by atoms with van der Waals surface area (Å²) >= 11 is 0. The van der Waals surface area contributed by atoms with E-state index in [1.54, 1.807) is 0 Å². The minimum absolute atomic E-state index is 0.544. The Morgan fingerprint density at radius 1 is 1.21 bits per heavy atom. The third-order valence-corrected chi connectivity index (χ3v) is 5.33. The molecule has 2 aliphatic rings. The Morgan fingerprint density at radius 2 is 1.86 bits per heavy atom. The summed E-state index contributed by atoms with van der Waals surface area (Å²) in [5.41, 5.74) is 1.10. The molecule has 2 saturated carbocycles. The molecule has 1 nitrogen and oxygen atoms in total. The Morgan fingerprint density at radius 3 is 2.21 bits per heavy atom. The van der Waals surface area contributed by atoms with E-state index in [9.17, 15) is 0 Å². The first-order valence-electron chi connectivity index (χ1n) is 6.14. The van der Waals surface area contributed by atoms with Crippen LogP contribution in [0.3, 0.4) is 0 Å². The summed E-state index contributed by atoms with van der Waals surface area (Å²) in [6.07, 6.45) is 4.29. The third-order valence-electron chi connectivity index (χ3n) is 5.33. The lowest BCUT2D eigenvalue weighted by atomic mass is 9.69. The summed E-state index contributed by atoms with van der Waals surface area (Å²) < 4.78 is 0. The fourth-order valence-corrected chi connectivity index (χ4v) is 3.86. The zero-order chi connectivity index (χ0) is 10.6. The summed E-state index contributed by atoms with van der Waals surface area (Å²) in [5, 5.41) is 3.77. The molecule has 2 fully saturated rings. The van der Waals surface area contributed by atoms with Crippen LogP contribution in [0, 0.1) is 16.7 Å². The fourth-order valence-electron chi connectivity index (χ4n) is 3.86. The first-order chi connectivity index (χ1) is 6.38. The summed E-state index contributed by atoms with van der Waals surface area (Å²) in [5.74, 6) is 0.962. The van der Waals surface area contributed by atoms with Crippen molar-refractivity contribution in [3.8, 4) is 0 Å². The number of hydrogen-bond donors (Lipinski definition) is 1. The smallest absolute Gasteiger partial charge is 0.0131 e. The first-order valence-corrected chi connectivity index (χ1v) is 6.14. The molecule has 1 N–H and O–H groups in total. The molecule has 0 unspecified atom stereocenters. The van der Waals surface area contributed by atoms with E-state index in [0.29, 0.717) is 16.9 Å². The van der Waals surface area contributed by atoms with Crippen LogP contribution in [0.15, 0.2) is 0 Å². The highest BCUT2D eigenvalue weighted by Gasteiger charge is 2.61. The van der Waals surface area contributed by atoms with Crippen LogP contribution in [0.5, 0.6) is 0 Å². The van der Waals surface area contributed by atoms with Crippen LogP contribution in [0.4, 0.5) is 0 Å². The van der Waals surface area contributed by atoms with E-state index in [1.165, 1.54) is 19.3 Å². The van der Waals surface area contributed by atoms with Gasteiger partial charge in [-0.25, -0.2) is 0 Å². The topological polar surface area (TPSA) is 12.0 Å². The molecule has 0 saturated heterocycles. The second kappa shape index (κ2) is 2.98. The molecule has 1 heteroatoms. The van der Waals surface area contributed by atoms with Crippen LogP contribution in [0.25, 0.3) is 0 Å². The SMILES string of the molecule is CC(C)N[C@@H]1C[C@H]2CC[C@]1(C)C2(C)C. The predicted molar refractivity (Wildman–Crippen MR) is 61.3 cm³/mol. The molecule has 0 aromatic carbocycles. The minimum Gasteiger partial charge on any atom is -0.311 e. The first kappa shape index (κ1) is 10.5. The molecule has 14 heavy (non-hydrogen) atoms. The van der Waals surface area contributed by atoms with E-state index >= 15 is 0 Å². The summed E-state index contributed by atoms with van der Waals surface area (Å²) in [6, 6.07) is 1.39. The normalized spacial score (nSPS) is 45.0. The van der Waals surface area contributed by atoms with E-state index in [2.05, 4.69) is 39.9 Å². The zero-order valence-electron chi connectivity index (χ0n) is 10.4. The standard InChI is InChI=1S/C13H25N/c1-9(2)14-11-8-10-6-7-13(11,5)12(10,3)4/h9-11,14H,6-8H2,1-5H3/t10-,11-,13+/m1/s1. The highest BCUT2D eigenvalue weighted by Crippen LogP contribution is 2.65. The van der Waals surface area contributed by atoms with Crippen LogP contribution < -0.4 is 5.32 Å². The maximum Gasteiger partial charge on any atom is 0.0131 e. The van der Waals surface area contributed by atoms with Crippen LogP contribution in [0.2, 0.25) is 0 Å². The van der Waals surface area contributed by atoms with Gasteiger partial charge in [-0.05, 0) is 36.0 Å². The molecule has 0 aliphatic heterocycles. The molecule has 0 spiro atoms. The van der Waals surface area contributed by atoms with Crippen molar-refractivity contribution in [3.63, 3.8) is 0 Å². The third kappa shape index (κ3) is 1.18. The van der Waals surface area contributed by atoms with Crippen molar-refractivity contribution in [2.75, 3.05) is 0 Å². The Kier molecular flexibility index (Phi) is 2.23. The Labute approximate surface area is 88.7 Å². The Hall–Kier alpha value is -0.0400. The van der Waals surface area contributed by atoms with Gasteiger partial charge in [-0.15, -0.1) is 0 Å². The summed E-state index contributed by atoms with van der Waals surface area (Å²) in [4.78, 5) is 0. The van der Waals surface area contributed by atoms with Crippen molar-refractivity contribution >= 4 is 0 Å². The number of hydrogen-bond acceptors (Lipinski definition) is 1. The van der Waals surface area contributed by atoms with Gasteiger partial charge in [-0.2, -0.15) is 0 Å². The second-order valence-corrected chi connectivity index (χ2v) is 6.48. The Balaban J connectivity index is 2.19. The Bertz CT molecular complexity index is 231. The average Bonchev–Trinajstić information content (AvgIpc) is 2.35. The van der Waals surface area contributed by atoms with Gasteiger partial charge < -0.3 is 5.32 Å². The molecular formula is C13H25N. The van der Waals surface area contributed by atoms with E-state index in [0.717, 1.165) is 12.0 Å². The largest absolute Gasteiger partial charge is 0.311 e. The zero-order valence-corrected chi connectivity index (χ0v) is 10.4. The van der Waals surface area contributed by atoms with Gasteiger partial charge in [0.15, 0.2) is 0 Å². The lowest BCUT2D eigenvalue weighted by Gasteiger charge is -2.40. The molecule has 3 atom stereocenters. The van der Waals surface area contributed by atoms with E-state index in [1.807, 2.05) is 0 Å². The highest BCUT2D eigenvalue weighted by molar-refractivity contribution is 5.13. The molecule has 82 valence electrons. The highest BCUT2D eigenvalue weighted by atomic mass is 15.0. The molecule has 2 bridgehead atoms. The van der Waals surface area contributed by atoms with E-state index < -0.39 is 0 Å². The van der Waals surface area contributed by atoms with Crippen molar-refractivity contribution < 1.29 is 0 Å². The van der Waals surface area contributed by atoms with Gasteiger partial charge >= 0.3 is 0 Å². The summed E-state index contributed by atoms with van der Waals surface area (Å²) in [7, 11) is 0. The molecule has 2 rings (SSSR count). The van der Waals surface area contributed by atoms with E-state index in [4.69, 9.17) is 0 Å². The van der Waals surface area contributed by atoms with Crippen LogP contribution in [0.1, 0.15) is 53.9 Å². The maximum absolute atomic E-state index is 3.77. The van der Waals surface area contributed by atoms with Crippen LogP contribution in [-0.4, -0.2) is 12.1 Å². The average molecular weight is 195 g/mol. The summed E-state index contributed by atoms with van der Waals surface area (Å²) in [6.45, 7) is 12.0. The van der Waals surface area contributed by atoms with Gasteiger partial charge in [-0.3, -0.25) is 0 Å². The van der Waals surface area contributed by atoms with Crippen molar-refractivity contribution in [1.29, 1.82) is 0 Å². The molecule has 0 heterocycles. The van der Waals surface area contributed by atoms with Gasteiger partial charge in [0.1, 0.15) is 0 Å². The molecule has 0 aromatic rings. The van der Waals surface area contributed by atoms with Gasteiger partial charge in [0, 0.05) is 12.1 Å². The monoisotopic (exact) mass is 195 g/mol. The van der Waals surface area contributed by atoms with Gasteiger partial charge in [-0.1, -0.05) is 34.6 Å². The quantitative estimate of drug-likeness (QED) is 0.713. The van der Waals surface area contributed by atoms with Crippen molar-refractivity contribution in [1.82, 2.24) is 5.32 Å². The van der Waals surface area contributed by atoms with Gasteiger partial charge in [0.2, 0.25) is 0 Å². The van der Waals surface area contributed by atoms with Crippen molar-refractivity contribution in [2.24, 2.45) is 16.7 Å². The lowest BCUT2D eigenvalue weighted by molar-refractivity contribution is 0.117. The van der Waals surface area contributed by atoms with Crippen molar-refractivity contribution in [3.05, 3.63) is 0 Å². The molecule has 2 aliphatic carbocycles. The molecule has 0 aromatic heterocycles. The lowest BCUT2D eigenvalue weighted by Crippen LogP contribution is -2.46. The van der Waals surface area contributed by atoms with Crippen molar-refractivity contribution in [2.45, 2.75) is 66.0 Å². The number of nitrogens with one attached hydrogen (secondary N) is 1. The number of rotatable bonds is 2. The van der Waals surface area contributed by atoms with E-state index in [-0.39, 0.29) is 0 Å². The van der Waals surface area contributed by atoms with Gasteiger partial charge in [0.05, 0.1) is 0 Å².